The van der Waals surface area contributed by atoms with E-state index in [9.17, 15) is 0 Å². The highest BCUT2D eigenvalue weighted by Gasteiger charge is 2.14. The molecule has 28 heavy (non-hydrogen) atoms. The minimum atomic E-state index is 0.585. The van der Waals surface area contributed by atoms with Crippen LogP contribution >= 0.6 is 11.6 Å². The highest BCUT2D eigenvalue weighted by Crippen LogP contribution is 2.33. The van der Waals surface area contributed by atoms with Crippen LogP contribution < -0.4 is 14.2 Å². The van der Waals surface area contributed by atoms with Crippen molar-refractivity contribution in [1.29, 1.82) is 0 Å². The van der Waals surface area contributed by atoms with Gasteiger partial charge in [0, 0.05) is 22.9 Å². The molecule has 0 aliphatic rings. The lowest BCUT2D eigenvalue weighted by Crippen LogP contribution is -1.98. The molecule has 0 amide bonds. The maximum absolute atomic E-state index is 5.67. The van der Waals surface area contributed by atoms with Gasteiger partial charge in [-0.25, -0.2) is 4.98 Å². The number of methoxy groups -OCH3 is 2. The molecule has 7 nitrogen and oxygen atoms in total. The Morgan fingerprint density at radius 2 is 1.75 bits per heavy atom. The van der Waals surface area contributed by atoms with Gasteiger partial charge in [0.25, 0.3) is 0 Å². The minimum absolute atomic E-state index is 0.585. The Bertz CT molecular complexity index is 1110. The predicted octanol–water partition coefficient (Wildman–Crippen LogP) is 3.97. The maximum atomic E-state index is 5.67. The third-order valence-electron chi connectivity index (χ3n) is 4.41. The molecule has 8 heteroatoms. The van der Waals surface area contributed by atoms with Crippen molar-refractivity contribution in [1.82, 2.24) is 19.6 Å². The number of halogens is 1. The number of alkyl halides is 1. The first-order chi connectivity index (χ1) is 13.7. The molecular formula is C20H19ClN4O3. The molecule has 0 N–H and O–H groups in total. The van der Waals surface area contributed by atoms with Gasteiger partial charge in [-0.2, -0.15) is 0 Å². The van der Waals surface area contributed by atoms with Crippen molar-refractivity contribution < 1.29 is 14.2 Å². The fourth-order valence-corrected chi connectivity index (χ4v) is 3.11. The van der Waals surface area contributed by atoms with E-state index in [2.05, 4.69) is 15.2 Å². The Balaban J connectivity index is 1.74. The summed E-state index contributed by atoms with van der Waals surface area (Å²) in [5.74, 6) is 3.32. The van der Waals surface area contributed by atoms with Crippen LogP contribution in [0, 0.1) is 0 Å². The zero-order chi connectivity index (χ0) is 19.5. The monoisotopic (exact) mass is 398 g/mol. The molecule has 144 valence electrons. The molecule has 2 aromatic heterocycles. The van der Waals surface area contributed by atoms with Crippen LogP contribution in [0.2, 0.25) is 0 Å². The van der Waals surface area contributed by atoms with Crippen LogP contribution in [0.5, 0.6) is 17.2 Å². The molecule has 0 saturated heterocycles. The van der Waals surface area contributed by atoms with Gasteiger partial charge in [0.05, 0.1) is 26.3 Å². The molecule has 4 rings (SSSR count). The second kappa shape index (κ2) is 7.90. The number of benzene rings is 2. The van der Waals surface area contributed by atoms with Crippen molar-refractivity contribution in [3.63, 3.8) is 0 Å². The van der Waals surface area contributed by atoms with Gasteiger partial charge in [0.15, 0.2) is 23.0 Å². The topological polar surface area (TPSA) is 70.8 Å². The first kappa shape index (κ1) is 18.3. The van der Waals surface area contributed by atoms with E-state index in [-0.39, 0.29) is 0 Å². The van der Waals surface area contributed by atoms with Crippen LogP contribution in [-0.4, -0.2) is 46.3 Å². The number of hydrogen-bond donors (Lipinski definition) is 0. The third-order valence-corrected chi connectivity index (χ3v) is 4.68. The lowest BCUT2D eigenvalue weighted by atomic mass is 10.2. The van der Waals surface area contributed by atoms with Gasteiger partial charge < -0.3 is 14.2 Å². The van der Waals surface area contributed by atoms with Gasteiger partial charge in [0.2, 0.25) is 0 Å². The predicted molar refractivity (Wildman–Crippen MR) is 108 cm³/mol. The smallest absolute Gasteiger partial charge is 0.171 e. The van der Waals surface area contributed by atoms with E-state index in [1.165, 1.54) is 0 Å². The number of rotatable bonds is 7. The van der Waals surface area contributed by atoms with Gasteiger partial charge in [-0.1, -0.05) is 0 Å². The summed E-state index contributed by atoms with van der Waals surface area (Å²) in [6, 6.07) is 11.4. The van der Waals surface area contributed by atoms with E-state index < -0.39 is 0 Å². The summed E-state index contributed by atoms with van der Waals surface area (Å²) in [5, 5.41) is 9.56. The largest absolute Gasteiger partial charge is 0.494 e. The van der Waals surface area contributed by atoms with Crippen LogP contribution in [-0.2, 0) is 0 Å². The van der Waals surface area contributed by atoms with E-state index >= 15 is 0 Å². The first-order valence-corrected chi connectivity index (χ1v) is 9.33. The van der Waals surface area contributed by atoms with Gasteiger partial charge in [-0.05, 0) is 36.8 Å². The summed E-state index contributed by atoms with van der Waals surface area (Å²) < 4.78 is 18.3. The Morgan fingerprint density at radius 1 is 1.00 bits per heavy atom. The van der Waals surface area contributed by atoms with Crippen molar-refractivity contribution in [2.45, 2.75) is 6.42 Å². The summed E-state index contributed by atoms with van der Waals surface area (Å²) in [6.45, 7) is 0.595. The number of aromatic nitrogens is 4. The molecule has 2 heterocycles. The highest BCUT2D eigenvalue weighted by atomic mass is 35.5. The number of ether oxygens (including phenoxy) is 3. The van der Waals surface area contributed by atoms with Crippen LogP contribution in [0.3, 0.4) is 0 Å². The zero-order valence-electron chi connectivity index (χ0n) is 15.6. The molecule has 0 aliphatic heterocycles. The molecule has 2 aromatic carbocycles. The van der Waals surface area contributed by atoms with Crippen molar-refractivity contribution >= 4 is 28.2 Å². The standard InChI is InChI=1S/C20H19ClN4O3/c1-26-17-10-15-16(11-18(17)27-2)22-12-25-19(23-24-20(15)25)13-4-6-14(7-5-13)28-9-3-8-21/h4-7,10-12H,3,8-9H2,1-2H3. The molecule has 0 aliphatic carbocycles. The normalized spacial score (nSPS) is 11.1. The Kier molecular flexibility index (Phi) is 5.16. The lowest BCUT2D eigenvalue weighted by molar-refractivity contribution is 0.318. The quantitative estimate of drug-likeness (QED) is 0.346. The fourth-order valence-electron chi connectivity index (χ4n) is 3.00. The van der Waals surface area contributed by atoms with E-state index in [0.717, 1.165) is 28.6 Å². The summed E-state index contributed by atoms with van der Waals surface area (Å²) in [4.78, 5) is 4.53. The summed E-state index contributed by atoms with van der Waals surface area (Å²) in [6.07, 6.45) is 2.52. The van der Waals surface area contributed by atoms with E-state index in [0.29, 0.717) is 35.5 Å². The van der Waals surface area contributed by atoms with Crippen molar-refractivity contribution in [2.24, 2.45) is 0 Å². The molecule has 0 atom stereocenters. The van der Waals surface area contributed by atoms with Crippen molar-refractivity contribution in [3.8, 4) is 28.6 Å². The van der Waals surface area contributed by atoms with Gasteiger partial charge >= 0.3 is 0 Å². The SMILES string of the molecule is COc1cc2ncn3c(-c4ccc(OCCCCl)cc4)nnc3c2cc1OC. The fraction of sp³-hybridized carbons (Fsp3) is 0.250. The average Bonchev–Trinajstić information content (AvgIpc) is 3.18. The van der Waals surface area contributed by atoms with E-state index in [4.69, 9.17) is 25.8 Å². The molecule has 0 radical (unpaired) electrons. The Morgan fingerprint density at radius 3 is 2.46 bits per heavy atom. The Hall–Kier alpha value is -3.06. The molecule has 0 saturated carbocycles. The molecule has 4 aromatic rings. The van der Waals surface area contributed by atoms with Crippen LogP contribution in [0.4, 0.5) is 0 Å². The summed E-state index contributed by atoms with van der Waals surface area (Å²) >= 11 is 5.67. The van der Waals surface area contributed by atoms with Crippen LogP contribution in [0.15, 0.2) is 42.7 Å². The Labute approximate surface area is 166 Å². The van der Waals surface area contributed by atoms with Crippen molar-refractivity contribution in [3.05, 3.63) is 42.7 Å². The molecule has 0 bridgehead atoms. The third kappa shape index (κ3) is 3.29. The second-order valence-corrected chi connectivity index (χ2v) is 6.48. The number of hydrogen-bond acceptors (Lipinski definition) is 6. The number of nitrogens with zero attached hydrogens (tertiary/aromatic N) is 4. The molecular weight excluding hydrogens is 380 g/mol. The van der Waals surface area contributed by atoms with Gasteiger partial charge in [-0.3, -0.25) is 4.40 Å². The summed E-state index contributed by atoms with van der Waals surface area (Å²) in [7, 11) is 3.20. The van der Waals surface area contributed by atoms with Crippen LogP contribution in [0.1, 0.15) is 6.42 Å². The van der Waals surface area contributed by atoms with Gasteiger partial charge in [0.1, 0.15) is 12.1 Å². The molecule has 0 spiro atoms. The average molecular weight is 399 g/mol. The lowest BCUT2D eigenvalue weighted by Gasteiger charge is -2.09. The first-order valence-electron chi connectivity index (χ1n) is 8.80. The molecule has 0 unspecified atom stereocenters. The van der Waals surface area contributed by atoms with E-state index in [1.807, 2.05) is 40.8 Å². The number of fused-ring (bicyclic) bond motifs is 3. The van der Waals surface area contributed by atoms with Crippen LogP contribution in [0.25, 0.3) is 27.9 Å². The van der Waals surface area contributed by atoms with E-state index in [1.54, 1.807) is 20.5 Å². The summed E-state index contributed by atoms with van der Waals surface area (Å²) in [5.41, 5.74) is 2.37. The second-order valence-electron chi connectivity index (χ2n) is 6.10. The van der Waals surface area contributed by atoms with Gasteiger partial charge in [-0.15, -0.1) is 21.8 Å². The highest BCUT2D eigenvalue weighted by molar-refractivity contribution is 6.17. The molecule has 0 fully saturated rings. The maximum Gasteiger partial charge on any atom is 0.171 e. The van der Waals surface area contributed by atoms with Crippen molar-refractivity contribution in [2.75, 3.05) is 26.7 Å². The zero-order valence-corrected chi connectivity index (χ0v) is 16.3. The minimum Gasteiger partial charge on any atom is -0.494 e.